The first kappa shape index (κ1) is 23.5. The van der Waals surface area contributed by atoms with E-state index in [9.17, 15) is 13.2 Å². The quantitative estimate of drug-likeness (QED) is 0.501. The number of aryl methyl sites for hydroxylation is 1. The normalized spacial score (nSPS) is 25.9. The first-order valence-electron chi connectivity index (χ1n) is 12.5. The lowest BCUT2D eigenvalue weighted by Gasteiger charge is -2.39. The topological polar surface area (TPSA) is 71.8 Å². The Morgan fingerprint density at radius 2 is 1.83 bits per heavy atom. The SMILES string of the molecule is FC(F)(F)c1cccc([C@@H]2CCCCn3nc(N[C@@H]4[C@@H]5CC[C@H]4CN(c4cnnc(Cl)c4)C5)nc32)c1. The maximum absolute atomic E-state index is 13.4. The van der Waals surface area contributed by atoms with E-state index < -0.39 is 11.7 Å². The number of nitrogens with zero attached hydrogens (tertiary/aromatic N) is 6. The van der Waals surface area contributed by atoms with Crippen molar-refractivity contribution >= 4 is 23.2 Å². The number of anilines is 2. The second-order valence-electron chi connectivity index (χ2n) is 10.1. The van der Waals surface area contributed by atoms with E-state index in [2.05, 4.69) is 20.4 Å². The first-order valence-corrected chi connectivity index (χ1v) is 12.8. The summed E-state index contributed by atoms with van der Waals surface area (Å²) in [5.41, 5.74) is 1.01. The minimum absolute atomic E-state index is 0.208. The van der Waals surface area contributed by atoms with E-state index in [4.69, 9.17) is 21.7 Å². The fraction of sp³-hybridized carbons (Fsp3) is 0.520. The van der Waals surface area contributed by atoms with Crippen LogP contribution in [0.1, 0.15) is 55.0 Å². The van der Waals surface area contributed by atoms with Crippen molar-refractivity contribution in [3.63, 3.8) is 0 Å². The van der Waals surface area contributed by atoms with Gasteiger partial charge < -0.3 is 10.2 Å². The van der Waals surface area contributed by atoms with Crippen LogP contribution in [-0.4, -0.2) is 44.1 Å². The van der Waals surface area contributed by atoms with Crippen molar-refractivity contribution in [3.05, 3.63) is 58.6 Å². The van der Waals surface area contributed by atoms with Gasteiger partial charge in [0, 0.05) is 37.7 Å². The van der Waals surface area contributed by atoms with Gasteiger partial charge in [-0.15, -0.1) is 10.2 Å². The molecular formula is C25H27ClF3N7. The van der Waals surface area contributed by atoms with Crippen LogP contribution in [0.5, 0.6) is 0 Å². The van der Waals surface area contributed by atoms with Gasteiger partial charge in [-0.1, -0.05) is 36.2 Å². The summed E-state index contributed by atoms with van der Waals surface area (Å²) >= 11 is 6.05. The Morgan fingerprint density at radius 3 is 2.58 bits per heavy atom. The maximum atomic E-state index is 13.4. The van der Waals surface area contributed by atoms with Crippen LogP contribution in [0, 0.1) is 11.8 Å². The number of piperidine rings is 1. The van der Waals surface area contributed by atoms with Gasteiger partial charge in [0.2, 0.25) is 5.95 Å². The summed E-state index contributed by atoms with van der Waals surface area (Å²) in [7, 11) is 0. The number of hydrogen-bond donors (Lipinski definition) is 1. The lowest BCUT2D eigenvalue weighted by atomic mass is 9.92. The van der Waals surface area contributed by atoms with E-state index in [0.717, 1.165) is 69.3 Å². The lowest BCUT2D eigenvalue weighted by molar-refractivity contribution is -0.137. The summed E-state index contributed by atoms with van der Waals surface area (Å²) in [6.07, 6.45) is 2.22. The molecule has 36 heavy (non-hydrogen) atoms. The molecule has 4 heterocycles. The van der Waals surface area contributed by atoms with E-state index >= 15 is 0 Å². The highest BCUT2D eigenvalue weighted by Gasteiger charge is 2.43. The van der Waals surface area contributed by atoms with Crippen LogP contribution in [0.4, 0.5) is 24.8 Å². The zero-order chi connectivity index (χ0) is 24.9. The standard InChI is InChI=1S/C25H27ClF3N7/c26-21-11-19(12-30-33-21)35-13-16-7-8-17(14-35)22(16)31-24-32-23-20(6-1-2-9-36(23)34-24)15-4-3-5-18(10-15)25(27,28)29/h3-5,10-12,16-17,20,22H,1-2,6-9,13-14H2,(H,31,34)/t16-,17+,20-,22-/m0/s1. The number of nitrogens with one attached hydrogen (secondary N) is 1. The molecule has 0 unspecified atom stereocenters. The molecule has 6 rings (SSSR count). The molecule has 3 aromatic rings. The Bertz CT molecular complexity index is 1230. The molecule has 7 nitrogen and oxygen atoms in total. The summed E-state index contributed by atoms with van der Waals surface area (Å²) in [6.45, 7) is 2.49. The Hall–Kier alpha value is -2.88. The smallest absolute Gasteiger partial charge is 0.369 e. The molecule has 1 saturated heterocycles. The van der Waals surface area contributed by atoms with Crippen molar-refractivity contribution < 1.29 is 13.2 Å². The van der Waals surface area contributed by atoms with Gasteiger partial charge in [-0.05, 0) is 49.1 Å². The summed E-state index contributed by atoms with van der Waals surface area (Å²) in [5.74, 6) is 1.97. The van der Waals surface area contributed by atoms with Crippen LogP contribution >= 0.6 is 11.6 Å². The molecule has 2 aromatic heterocycles. The van der Waals surface area contributed by atoms with Gasteiger partial charge in [-0.3, -0.25) is 0 Å². The highest BCUT2D eigenvalue weighted by atomic mass is 35.5. The molecule has 0 spiro atoms. The number of benzene rings is 1. The molecule has 190 valence electrons. The minimum atomic E-state index is -4.37. The lowest BCUT2D eigenvalue weighted by Crippen LogP contribution is -2.48. The third kappa shape index (κ3) is 4.51. The molecule has 1 aromatic carbocycles. The molecular weight excluding hydrogens is 491 g/mol. The van der Waals surface area contributed by atoms with Gasteiger partial charge in [0.05, 0.1) is 17.4 Å². The third-order valence-electron chi connectivity index (χ3n) is 7.85. The van der Waals surface area contributed by atoms with E-state index in [1.54, 1.807) is 12.3 Å². The number of alkyl halides is 3. The number of aromatic nitrogens is 5. The number of hydrogen-bond acceptors (Lipinski definition) is 6. The molecule has 1 N–H and O–H groups in total. The molecule has 2 aliphatic heterocycles. The van der Waals surface area contributed by atoms with Gasteiger partial charge in [0.25, 0.3) is 0 Å². The number of rotatable bonds is 4. The molecule has 2 bridgehead atoms. The van der Waals surface area contributed by atoms with Crippen molar-refractivity contribution in [1.82, 2.24) is 25.0 Å². The minimum Gasteiger partial charge on any atom is -0.369 e. The number of halogens is 4. The predicted octanol–water partition coefficient (Wildman–Crippen LogP) is 5.38. The molecule has 4 atom stereocenters. The van der Waals surface area contributed by atoms with Gasteiger partial charge in [-0.2, -0.15) is 23.3 Å². The maximum Gasteiger partial charge on any atom is 0.416 e. The van der Waals surface area contributed by atoms with Gasteiger partial charge in [0.1, 0.15) is 5.82 Å². The Balaban J connectivity index is 1.22. The third-order valence-corrected chi connectivity index (χ3v) is 8.03. The number of fused-ring (bicyclic) bond motifs is 3. The Kier molecular flexibility index (Phi) is 6.02. The van der Waals surface area contributed by atoms with Gasteiger partial charge in [0.15, 0.2) is 5.15 Å². The first-order chi connectivity index (χ1) is 17.3. The van der Waals surface area contributed by atoms with E-state index in [1.165, 1.54) is 12.1 Å². The monoisotopic (exact) mass is 517 g/mol. The van der Waals surface area contributed by atoms with Crippen molar-refractivity contribution in [3.8, 4) is 0 Å². The molecule has 11 heteroatoms. The summed E-state index contributed by atoms with van der Waals surface area (Å²) in [5, 5.41) is 16.6. The van der Waals surface area contributed by atoms with Crippen LogP contribution in [0.3, 0.4) is 0 Å². The average molecular weight is 518 g/mol. The average Bonchev–Trinajstić information content (AvgIpc) is 3.25. The van der Waals surface area contributed by atoms with Crippen molar-refractivity contribution in [2.24, 2.45) is 11.8 Å². The molecule has 1 saturated carbocycles. The fourth-order valence-corrected chi connectivity index (χ4v) is 6.30. The van der Waals surface area contributed by atoms with E-state index in [1.807, 2.05) is 10.7 Å². The zero-order valence-electron chi connectivity index (χ0n) is 19.6. The highest BCUT2D eigenvalue weighted by Crippen LogP contribution is 2.41. The largest absolute Gasteiger partial charge is 0.416 e. The molecule has 0 radical (unpaired) electrons. The summed E-state index contributed by atoms with van der Waals surface area (Å²) < 4.78 is 41.9. The van der Waals surface area contributed by atoms with Gasteiger partial charge in [-0.25, -0.2) is 4.68 Å². The molecule has 0 amide bonds. The zero-order valence-corrected chi connectivity index (χ0v) is 20.4. The Morgan fingerprint density at radius 1 is 1.03 bits per heavy atom. The fourth-order valence-electron chi connectivity index (χ4n) is 6.15. The molecule has 3 aliphatic rings. The van der Waals surface area contributed by atoms with Crippen LogP contribution in [-0.2, 0) is 12.7 Å². The van der Waals surface area contributed by atoms with Crippen molar-refractivity contribution in [2.75, 3.05) is 23.3 Å². The molecule has 2 fully saturated rings. The summed E-state index contributed by atoms with van der Waals surface area (Å²) in [4.78, 5) is 7.17. The van der Waals surface area contributed by atoms with Gasteiger partial charge >= 0.3 is 6.18 Å². The summed E-state index contributed by atoms with van der Waals surface area (Å²) in [6, 6.07) is 7.75. The van der Waals surface area contributed by atoms with E-state index in [0.29, 0.717) is 28.5 Å². The van der Waals surface area contributed by atoms with Crippen molar-refractivity contribution in [1.29, 1.82) is 0 Å². The second-order valence-corrected chi connectivity index (χ2v) is 10.5. The predicted molar refractivity (Wildman–Crippen MR) is 130 cm³/mol. The molecule has 1 aliphatic carbocycles. The van der Waals surface area contributed by atoms with Crippen molar-refractivity contribution in [2.45, 2.75) is 56.8 Å². The van der Waals surface area contributed by atoms with Crippen LogP contribution < -0.4 is 10.2 Å². The van der Waals surface area contributed by atoms with Crippen LogP contribution in [0.25, 0.3) is 0 Å². The van der Waals surface area contributed by atoms with Crippen LogP contribution in [0.2, 0.25) is 5.15 Å². The Labute approximate surface area is 212 Å². The highest BCUT2D eigenvalue weighted by molar-refractivity contribution is 6.29. The van der Waals surface area contributed by atoms with E-state index in [-0.39, 0.29) is 12.0 Å². The van der Waals surface area contributed by atoms with Crippen LogP contribution in [0.15, 0.2) is 36.5 Å². The second kappa shape index (κ2) is 9.21.